The highest BCUT2D eigenvalue weighted by atomic mass is 35.5. The molecule has 0 saturated heterocycles. The zero-order valence-corrected chi connectivity index (χ0v) is 15.7. The minimum atomic E-state index is -0.177. The Balaban J connectivity index is 2.01. The van der Waals surface area contributed by atoms with Crippen LogP contribution in [0.2, 0.25) is 0 Å². The molecule has 2 aliphatic rings. The van der Waals surface area contributed by atoms with Crippen molar-refractivity contribution in [1.82, 2.24) is 4.98 Å². The largest absolute Gasteiger partial charge is 0.661 e. The number of H-pyrrole nitrogens is 1. The number of fused-ring (bicyclic) bond motifs is 2. The van der Waals surface area contributed by atoms with Gasteiger partial charge in [0, 0.05) is 22.5 Å². The van der Waals surface area contributed by atoms with Crippen molar-refractivity contribution in [2.75, 3.05) is 7.05 Å². The molecule has 1 aromatic heterocycles. The fourth-order valence-electron chi connectivity index (χ4n) is 5.44. The number of aromatic amines is 1. The number of aromatic nitrogens is 1. The maximum Gasteiger partial charge on any atom is 0.0459 e. The lowest BCUT2D eigenvalue weighted by molar-refractivity contribution is 0.120. The second-order valence-corrected chi connectivity index (χ2v) is 8.83. The SMILES string of the molecule is C=C[C@@]1(C)[C@H](Cl)C[C@H]2[C@H](c3c[nH]c4cccc(c34)C2(C)C)[C@H]1[N-]C. The molecule has 0 spiro atoms. The summed E-state index contributed by atoms with van der Waals surface area (Å²) >= 11 is 6.91. The second kappa shape index (κ2) is 5.12. The Labute approximate surface area is 149 Å². The highest BCUT2D eigenvalue weighted by Crippen LogP contribution is 2.61. The van der Waals surface area contributed by atoms with Crippen LogP contribution in [0.15, 0.2) is 37.1 Å². The van der Waals surface area contributed by atoms with Crippen molar-refractivity contribution in [3.63, 3.8) is 0 Å². The molecule has 24 heavy (non-hydrogen) atoms. The molecule has 4 rings (SSSR count). The van der Waals surface area contributed by atoms with Gasteiger partial charge in [0.25, 0.3) is 0 Å². The van der Waals surface area contributed by atoms with Crippen molar-refractivity contribution in [3.8, 4) is 0 Å². The second-order valence-electron chi connectivity index (χ2n) is 8.30. The maximum atomic E-state index is 6.91. The Morgan fingerprint density at radius 1 is 1.33 bits per heavy atom. The van der Waals surface area contributed by atoms with Gasteiger partial charge < -0.3 is 10.3 Å². The van der Waals surface area contributed by atoms with Crippen LogP contribution < -0.4 is 0 Å². The van der Waals surface area contributed by atoms with Crippen LogP contribution in [0.4, 0.5) is 0 Å². The molecule has 0 amide bonds. The van der Waals surface area contributed by atoms with E-state index in [1.807, 2.05) is 13.1 Å². The Morgan fingerprint density at radius 3 is 2.75 bits per heavy atom. The summed E-state index contributed by atoms with van der Waals surface area (Å²) in [7, 11) is 1.94. The van der Waals surface area contributed by atoms with Crippen LogP contribution in [0, 0.1) is 11.3 Å². The third kappa shape index (κ3) is 1.82. The molecule has 1 aromatic carbocycles. The molecule has 2 aromatic rings. The van der Waals surface area contributed by atoms with E-state index in [9.17, 15) is 0 Å². The number of halogens is 1. The summed E-state index contributed by atoms with van der Waals surface area (Å²) in [5, 5.41) is 6.30. The fraction of sp³-hybridized carbons (Fsp3) is 0.524. The van der Waals surface area contributed by atoms with Gasteiger partial charge in [-0.1, -0.05) is 39.0 Å². The van der Waals surface area contributed by atoms with Gasteiger partial charge in [0.1, 0.15) is 0 Å². The first-order chi connectivity index (χ1) is 11.4. The number of nitrogens with zero attached hydrogens (tertiary/aromatic N) is 1. The summed E-state index contributed by atoms with van der Waals surface area (Å²) in [4.78, 5) is 3.49. The lowest BCUT2D eigenvalue weighted by Crippen LogP contribution is -2.54. The smallest absolute Gasteiger partial charge is 0.0459 e. The summed E-state index contributed by atoms with van der Waals surface area (Å²) in [6, 6.07) is 6.79. The van der Waals surface area contributed by atoms with E-state index in [0.29, 0.717) is 11.8 Å². The molecule has 3 heteroatoms. The van der Waals surface area contributed by atoms with E-state index in [4.69, 9.17) is 16.9 Å². The van der Waals surface area contributed by atoms with E-state index in [0.717, 1.165) is 6.42 Å². The van der Waals surface area contributed by atoms with Crippen molar-refractivity contribution >= 4 is 22.5 Å². The van der Waals surface area contributed by atoms with E-state index >= 15 is 0 Å². The Morgan fingerprint density at radius 2 is 2.08 bits per heavy atom. The number of nitrogens with one attached hydrogen (secondary N) is 1. The molecule has 1 saturated carbocycles. The summed E-state index contributed by atoms with van der Waals surface area (Å²) < 4.78 is 0. The number of hydrogen-bond acceptors (Lipinski definition) is 0. The van der Waals surface area contributed by atoms with Crippen molar-refractivity contribution < 1.29 is 0 Å². The molecule has 1 heterocycles. The molecule has 128 valence electrons. The van der Waals surface area contributed by atoms with Gasteiger partial charge in [-0.3, -0.25) is 0 Å². The number of hydrogen-bond donors (Lipinski definition) is 1. The van der Waals surface area contributed by atoms with Gasteiger partial charge in [-0.15, -0.1) is 24.2 Å². The molecular formula is C21H26ClN2-. The first kappa shape index (κ1) is 16.2. The number of alkyl halides is 1. The first-order valence-electron chi connectivity index (χ1n) is 8.83. The Kier molecular flexibility index (Phi) is 3.47. The molecule has 0 bridgehead atoms. The first-order valence-corrected chi connectivity index (χ1v) is 9.27. The Hall–Kier alpha value is -1.25. The van der Waals surface area contributed by atoms with Gasteiger partial charge in [0.2, 0.25) is 0 Å². The third-order valence-electron chi connectivity index (χ3n) is 6.98. The van der Waals surface area contributed by atoms with Gasteiger partial charge in [-0.2, -0.15) is 7.05 Å². The van der Waals surface area contributed by atoms with Gasteiger partial charge in [0.05, 0.1) is 0 Å². The topological polar surface area (TPSA) is 29.9 Å². The molecule has 0 aliphatic heterocycles. The quantitative estimate of drug-likeness (QED) is 0.533. The van der Waals surface area contributed by atoms with Crippen LogP contribution in [0.3, 0.4) is 0 Å². The highest BCUT2D eigenvalue weighted by molar-refractivity contribution is 6.21. The number of benzene rings is 1. The van der Waals surface area contributed by atoms with Gasteiger partial charge >= 0.3 is 0 Å². The molecule has 0 radical (unpaired) electrons. The van der Waals surface area contributed by atoms with Gasteiger partial charge in [0.15, 0.2) is 0 Å². The van der Waals surface area contributed by atoms with Crippen molar-refractivity contribution in [2.45, 2.75) is 49.9 Å². The van der Waals surface area contributed by atoms with Crippen LogP contribution in [0.1, 0.15) is 44.2 Å². The van der Waals surface area contributed by atoms with E-state index in [-0.39, 0.29) is 22.2 Å². The van der Waals surface area contributed by atoms with Crippen molar-refractivity contribution in [1.29, 1.82) is 0 Å². The molecule has 1 N–H and O–H groups in total. The molecule has 5 atom stereocenters. The molecular weight excluding hydrogens is 316 g/mol. The summed E-state index contributed by atoms with van der Waals surface area (Å²) in [5.41, 5.74) is 3.99. The van der Waals surface area contributed by atoms with Crippen LogP contribution >= 0.6 is 11.6 Å². The lowest BCUT2D eigenvalue weighted by atomic mass is 9.51. The summed E-state index contributed by atoms with van der Waals surface area (Å²) in [6.07, 6.45) is 5.24. The molecule has 0 unspecified atom stereocenters. The van der Waals surface area contributed by atoms with Crippen LogP contribution in [-0.4, -0.2) is 23.5 Å². The average molecular weight is 342 g/mol. The summed E-state index contributed by atoms with van der Waals surface area (Å²) in [5.74, 6) is 0.863. The average Bonchev–Trinajstić information content (AvgIpc) is 2.99. The monoisotopic (exact) mass is 341 g/mol. The minimum Gasteiger partial charge on any atom is -0.661 e. The Bertz CT molecular complexity index is 805. The molecule has 2 nitrogen and oxygen atoms in total. The predicted molar refractivity (Wildman–Crippen MR) is 103 cm³/mol. The van der Waals surface area contributed by atoms with Crippen LogP contribution in [0.5, 0.6) is 0 Å². The third-order valence-corrected chi connectivity index (χ3v) is 7.63. The van der Waals surface area contributed by atoms with Crippen molar-refractivity contribution in [2.24, 2.45) is 11.3 Å². The van der Waals surface area contributed by atoms with E-state index < -0.39 is 0 Å². The van der Waals surface area contributed by atoms with Crippen LogP contribution in [0.25, 0.3) is 16.2 Å². The van der Waals surface area contributed by atoms with Gasteiger partial charge in [-0.25, -0.2) is 0 Å². The number of rotatable bonds is 2. The standard InChI is InChI=1S/C21H26ClN2/c1-6-21(4)16(22)10-14-18(19(21)23-5)12-11-24-15-9-7-8-13(17(12)15)20(14,2)3/h6-9,11,14,16,18-19,24H,1,10H2,2-5H3/q-1/t14-,16+,18-,19+,21-/m0/s1. The van der Waals surface area contributed by atoms with E-state index in [1.54, 1.807) is 0 Å². The minimum absolute atomic E-state index is 0.0592. The highest BCUT2D eigenvalue weighted by Gasteiger charge is 2.53. The fourth-order valence-corrected chi connectivity index (χ4v) is 5.85. The normalized spacial score (nSPS) is 37.2. The maximum absolute atomic E-state index is 6.91. The lowest BCUT2D eigenvalue weighted by Gasteiger charge is -2.61. The number of likely N-dealkylation sites (N-methyl/N-ethyl adjacent to an activating group) is 1. The van der Waals surface area contributed by atoms with Crippen molar-refractivity contribution in [3.05, 3.63) is 53.5 Å². The van der Waals surface area contributed by atoms with Gasteiger partial charge in [-0.05, 0) is 46.3 Å². The van der Waals surface area contributed by atoms with E-state index in [2.05, 4.69) is 56.7 Å². The predicted octanol–water partition coefficient (Wildman–Crippen LogP) is 5.73. The molecule has 2 aliphatic carbocycles. The zero-order valence-electron chi connectivity index (χ0n) is 14.9. The zero-order chi connectivity index (χ0) is 17.3. The van der Waals surface area contributed by atoms with E-state index in [1.165, 1.54) is 22.0 Å². The molecule has 1 fully saturated rings. The summed E-state index contributed by atoms with van der Waals surface area (Å²) in [6.45, 7) is 11.1. The van der Waals surface area contributed by atoms with Crippen LogP contribution in [-0.2, 0) is 5.41 Å².